The molecule has 0 fully saturated rings. The lowest BCUT2D eigenvalue weighted by Gasteiger charge is -2.25. The third-order valence-electron chi connectivity index (χ3n) is 2.52. The summed E-state index contributed by atoms with van der Waals surface area (Å²) in [6.07, 6.45) is 0. The Balaban J connectivity index is 2.80. The first kappa shape index (κ1) is 14.5. The normalized spacial score (nSPS) is 11.6. The average Bonchev–Trinajstić information content (AvgIpc) is 2.27. The topological polar surface area (TPSA) is 64.4 Å². The number of hydrogen-bond acceptors (Lipinski definition) is 4. The molecular formula is C12H17FN2O3. The van der Waals surface area contributed by atoms with Crippen LogP contribution in [0, 0.1) is 15.9 Å². The van der Waals surface area contributed by atoms with Crippen molar-refractivity contribution in [1.82, 2.24) is 5.32 Å². The van der Waals surface area contributed by atoms with E-state index in [1.807, 2.05) is 13.8 Å². The fraction of sp³-hybridized carbons (Fsp3) is 0.500. The number of hydrogen-bond donors (Lipinski definition) is 1. The van der Waals surface area contributed by atoms with Gasteiger partial charge >= 0.3 is 5.69 Å². The molecule has 0 aromatic heterocycles. The molecule has 1 aromatic carbocycles. The van der Waals surface area contributed by atoms with E-state index in [9.17, 15) is 14.5 Å². The summed E-state index contributed by atoms with van der Waals surface area (Å²) >= 11 is 0. The minimum atomic E-state index is -0.789. The van der Waals surface area contributed by atoms with E-state index in [1.165, 1.54) is 12.1 Å². The van der Waals surface area contributed by atoms with E-state index >= 15 is 0 Å². The summed E-state index contributed by atoms with van der Waals surface area (Å²) in [5.41, 5.74) is -0.557. The van der Waals surface area contributed by atoms with Gasteiger partial charge in [-0.15, -0.1) is 0 Å². The minimum Gasteiger partial charge on any atom is -0.383 e. The first-order valence-electron chi connectivity index (χ1n) is 5.53. The number of methoxy groups -OCH3 is 1. The van der Waals surface area contributed by atoms with Gasteiger partial charge in [0.2, 0.25) is 5.82 Å². The van der Waals surface area contributed by atoms with Crippen LogP contribution in [0.1, 0.15) is 19.4 Å². The van der Waals surface area contributed by atoms with Crippen molar-refractivity contribution in [3.05, 3.63) is 39.7 Å². The van der Waals surface area contributed by atoms with E-state index in [4.69, 9.17) is 4.74 Å². The predicted octanol–water partition coefficient (Wildman–Crippen LogP) is 2.25. The van der Waals surface area contributed by atoms with E-state index in [2.05, 4.69) is 5.32 Å². The molecule has 1 rings (SSSR count). The molecule has 0 spiro atoms. The molecule has 0 radical (unpaired) electrons. The number of ether oxygens (including phenoxy) is 1. The fourth-order valence-electron chi connectivity index (χ4n) is 1.59. The van der Waals surface area contributed by atoms with Gasteiger partial charge in [-0.05, 0) is 13.8 Å². The minimum absolute atomic E-state index is 0.212. The van der Waals surface area contributed by atoms with Crippen LogP contribution in [0.25, 0.3) is 0 Å². The van der Waals surface area contributed by atoms with Gasteiger partial charge in [-0.3, -0.25) is 10.1 Å². The predicted molar refractivity (Wildman–Crippen MR) is 65.8 cm³/mol. The van der Waals surface area contributed by atoms with Crippen molar-refractivity contribution in [2.24, 2.45) is 0 Å². The number of nitro groups is 1. The van der Waals surface area contributed by atoms with Crippen molar-refractivity contribution < 1.29 is 14.1 Å². The molecule has 0 atom stereocenters. The molecule has 0 saturated heterocycles. The molecule has 0 aliphatic heterocycles. The van der Waals surface area contributed by atoms with Gasteiger partial charge < -0.3 is 10.1 Å². The first-order chi connectivity index (χ1) is 8.37. The monoisotopic (exact) mass is 256 g/mol. The SMILES string of the molecule is COCC(C)(C)NCc1cccc([N+](=O)[O-])c1F. The van der Waals surface area contributed by atoms with Crippen LogP contribution in [0.3, 0.4) is 0 Å². The summed E-state index contributed by atoms with van der Waals surface area (Å²) in [7, 11) is 1.58. The summed E-state index contributed by atoms with van der Waals surface area (Å²) in [4.78, 5) is 9.88. The van der Waals surface area contributed by atoms with Gasteiger partial charge in [0.1, 0.15) is 0 Å². The highest BCUT2D eigenvalue weighted by atomic mass is 19.1. The van der Waals surface area contributed by atoms with E-state index in [-0.39, 0.29) is 17.6 Å². The van der Waals surface area contributed by atoms with Crippen LogP contribution in [0.5, 0.6) is 0 Å². The third kappa shape index (κ3) is 3.75. The van der Waals surface area contributed by atoms with Crippen molar-refractivity contribution >= 4 is 5.69 Å². The molecule has 6 heteroatoms. The van der Waals surface area contributed by atoms with Crippen LogP contribution < -0.4 is 5.32 Å². The number of halogens is 1. The lowest BCUT2D eigenvalue weighted by atomic mass is 10.1. The molecule has 0 heterocycles. The highest BCUT2D eigenvalue weighted by Crippen LogP contribution is 2.20. The van der Waals surface area contributed by atoms with Crippen molar-refractivity contribution in [3.8, 4) is 0 Å². The van der Waals surface area contributed by atoms with Gasteiger partial charge in [0.15, 0.2) is 0 Å². The number of nitrogens with zero attached hydrogens (tertiary/aromatic N) is 1. The molecule has 1 N–H and O–H groups in total. The van der Waals surface area contributed by atoms with E-state index < -0.39 is 16.4 Å². The largest absolute Gasteiger partial charge is 0.383 e. The zero-order valence-corrected chi connectivity index (χ0v) is 10.7. The van der Waals surface area contributed by atoms with Gasteiger partial charge in [0, 0.05) is 30.8 Å². The second-order valence-electron chi connectivity index (χ2n) is 4.68. The lowest BCUT2D eigenvalue weighted by Crippen LogP contribution is -2.42. The van der Waals surface area contributed by atoms with Crippen molar-refractivity contribution in [2.45, 2.75) is 25.9 Å². The van der Waals surface area contributed by atoms with E-state index in [1.54, 1.807) is 7.11 Å². The van der Waals surface area contributed by atoms with Gasteiger partial charge in [-0.2, -0.15) is 4.39 Å². The van der Waals surface area contributed by atoms with Gasteiger partial charge in [0.05, 0.1) is 11.5 Å². The molecule has 0 saturated carbocycles. The summed E-state index contributed by atoms with van der Waals surface area (Å²) in [5.74, 6) is -0.789. The summed E-state index contributed by atoms with van der Waals surface area (Å²) in [6.45, 7) is 4.49. The Morgan fingerprint density at radius 3 is 2.72 bits per heavy atom. The Hall–Kier alpha value is -1.53. The molecule has 0 aliphatic carbocycles. The van der Waals surface area contributed by atoms with Crippen molar-refractivity contribution in [3.63, 3.8) is 0 Å². The maximum Gasteiger partial charge on any atom is 0.305 e. The van der Waals surface area contributed by atoms with Gasteiger partial charge in [-0.25, -0.2) is 0 Å². The molecular weight excluding hydrogens is 239 g/mol. The molecule has 0 aliphatic rings. The molecule has 18 heavy (non-hydrogen) atoms. The summed E-state index contributed by atoms with van der Waals surface area (Å²) in [5, 5.41) is 13.7. The molecule has 1 aromatic rings. The Labute approximate surface area is 105 Å². The zero-order valence-electron chi connectivity index (χ0n) is 10.7. The second kappa shape index (κ2) is 5.88. The number of nitro benzene ring substituents is 1. The highest BCUT2D eigenvalue weighted by molar-refractivity contribution is 5.36. The van der Waals surface area contributed by atoms with E-state index in [0.717, 1.165) is 6.07 Å². The summed E-state index contributed by atoms with van der Waals surface area (Å²) in [6, 6.07) is 4.15. The zero-order chi connectivity index (χ0) is 13.8. The maximum absolute atomic E-state index is 13.8. The van der Waals surface area contributed by atoms with Crippen LogP contribution in [0.15, 0.2) is 18.2 Å². The Bertz CT molecular complexity index is 435. The number of benzene rings is 1. The smallest absolute Gasteiger partial charge is 0.305 e. The standard InChI is InChI=1S/C12H17FN2O3/c1-12(2,8-18-3)14-7-9-5-4-6-10(11(9)13)15(16)17/h4-6,14H,7-8H2,1-3H3. The van der Waals surface area contributed by atoms with Crippen molar-refractivity contribution in [1.29, 1.82) is 0 Å². The van der Waals surface area contributed by atoms with Crippen LogP contribution in [0.4, 0.5) is 10.1 Å². The molecule has 100 valence electrons. The van der Waals surface area contributed by atoms with Crippen LogP contribution >= 0.6 is 0 Å². The van der Waals surface area contributed by atoms with Crippen LogP contribution in [-0.4, -0.2) is 24.2 Å². The molecule has 0 bridgehead atoms. The fourth-order valence-corrected chi connectivity index (χ4v) is 1.59. The Morgan fingerprint density at radius 2 is 2.17 bits per heavy atom. The summed E-state index contributed by atoms with van der Waals surface area (Å²) < 4.78 is 18.8. The lowest BCUT2D eigenvalue weighted by molar-refractivity contribution is -0.387. The van der Waals surface area contributed by atoms with Crippen molar-refractivity contribution in [2.75, 3.05) is 13.7 Å². The Morgan fingerprint density at radius 1 is 1.50 bits per heavy atom. The molecule has 0 amide bonds. The maximum atomic E-state index is 13.8. The molecule has 5 nitrogen and oxygen atoms in total. The molecule has 0 unspecified atom stereocenters. The number of nitrogens with one attached hydrogen (secondary N) is 1. The van der Waals surface area contributed by atoms with Crippen LogP contribution in [0.2, 0.25) is 0 Å². The van der Waals surface area contributed by atoms with Crippen LogP contribution in [-0.2, 0) is 11.3 Å². The quantitative estimate of drug-likeness (QED) is 0.626. The third-order valence-corrected chi connectivity index (χ3v) is 2.52. The number of rotatable bonds is 6. The van der Waals surface area contributed by atoms with Gasteiger partial charge in [-0.1, -0.05) is 12.1 Å². The first-order valence-corrected chi connectivity index (χ1v) is 5.53. The van der Waals surface area contributed by atoms with E-state index in [0.29, 0.717) is 6.61 Å². The Kier molecular flexibility index (Phi) is 4.75. The van der Waals surface area contributed by atoms with Gasteiger partial charge in [0.25, 0.3) is 0 Å². The highest BCUT2D eigenvalue weighted by Gasteiger charge is 2.20. The second-order valence-corrected chi connectivity index (χ2v) is 4.68. The average molecular weight is 256 g/mol.